The summed E-state index contributed by atoms with van der Waals surface area (Å²) in [5, 5.41) is 15.2. The van der Waals surface area contributed by atoms with E-state index in [1.165, 1.54) is 11.8 Å². The molecule has 1 amide bonds. The van der Waals surface area contributed by atoms with Crippen LogP contribution in [-0.4, -0.2) is 39.0 Å². The number of nitrogens with one attached hydrogen (secondary N) is 1. The first-order chi connectivity index (χ1) is 12.7. The molecule has 1 heterocycles. The van der Waals surface area contributed by atoms with Gasteiger partial charge < -0.3 is 10.1 Å². The number of amides is 1. The van der Waals surface area contributed by atoms with Gasteiger partial charge in [-0.3, -0.25) is 4.79 Å². The average Bonchev–Trinajstić information content (AvgIpc) is 3.11. The molecule has 0 aliphatic heterocycles. The number of ether oxygens (including phenoxy) is 1. The molecule has 0 aliphatic carbocycles. The van der Waals surface area contributed by atoms with Crippen molar-refractivity contribution in [1.29, 1.82) is 0 Å². The van der Waals surface area contributed by atoms with E-state index < -0.39 is 0 Å². The first kappa shape index (κ1) is 18.4. The number of carbonyl (C=O) groups is 1. The first-order valence-electron chi connectivity index (χ1n) is 7.77. The summed E-state index contributed by atoms with van der Waals surface area (Å²) in [6.45, 7) is 0. The van der Waals surface area contributed by atoms with Gasteiger partial charge in [0.25, 0.3) is 0 Å². The second kappa shape index (κ2) is 8.81. The molecular formula is C17H16BrN5O2S. The number of aromatic nitrogens is 4. The molecule has 1 N–H and O–H groups in total. The van der Waals surface area contributed by atoms with E-state index in [2.05, 4.69) is 36.8 Å². The monoisotopic (exact) mass is 433 g/mol. The van der Waals surface area contributed by atoms with E-state index in [1.807, 2.05) is 42.5 Å². The van der Waals surface area contributed by atoms with Gasteiger partial charge in [0.1, 0.15) is 5.75 Å². The Bertz CT molecular complexity index is 885. The summed E-state index contributed by atoms with van der Waals surface area (Å²) in [6.07, 6.45) is 0.342. The second-order valence-corrected chi connectivity index (χ2v) is 7.21. The third kappa shape index (κ3) is 4.83. The summed E-state index contributed by atoms with van der Waals surface area (Å²) in [5.41, 5.74) is 1.57. The average molecular weight is 434 g/mol. The van der Waals surface area contributed by atoms with Crippen molar-refractivity contribution in [2.75, 3.05) is 18.2 Å². The van der Waals surface area contributed by atoms with Gasteiger partial charge in [0.05, 0.1) is 12.8 Å². The predicted molar refractivity (Wildman–Crippen MR) is 104 cm³/mol. The van der Waals surface area contributed by atoms with Crippen LogP contribution in [0.3, 0.4) is 0 Å². The highest BCUT2D eigenvalue weighted by molar-refractivity contribution is 9.10. The lowest BCUT2D eigenvalue weighted by atomic mass is 10.3. The highest BCUT2D eigenvalue weighted by atomic mass is 79.9. The van der Waals surface area contributed by atoms with Crippen molar-refractivity contribution in [2.45, 2.75) is 11.6 Å². The lowest BCUT2D eigenvalue weighted by molar-refractivity contribution is -0.115. The predicted octanol–water partition coefficient (Wildman–Crippen LogP) is 3.55. The van der Waals surface area contributed by atoms with Gasteiger partial charge in [-0.1, -0.05) is 33.8 Å². The molecule has 3 aromatic rings. The zero-order valence-corrected chi connectivity index (χ0v) is 16.3. The van der Waals surface area contributed by atoms with Gasteiger partial charge >= 0.3 is 0 Å². The second-order valence-electron chi connectivity index (χ2n) is 5.23. The summed E-state index contributed by atoms with van der Waals surface area (Å²) >= 11 is 4.83. The summed E-state index contributed by atoms with van der Waals surface area (Å²) in [5.74, 6) is 1.19. The Morgan fingerprint density at radius 3 is 2.85 bits per heavy atom. The van der Waals surface area contributed by atoms with Crippen LogP contribution in [0.2, 0.25) is 0 Å². The standard InChI is InChI=1S/C17H16BrN5O2S/c1-25-15-4-2-3-13(11-15)19-16(24)9-10-26-17-20-21-22-23(17)14-7-5-12(18)6-8-14/h2-8,11H,9-10H2,1H3,(H,19,24). The van der Waals surface area contributed by atoms with E-state index in [-0.39, 0.29) is 5.91 Å². The van der Waals surface area contributed by atoms with Crippen LogP contribution in [0.5, 0.6) is 5.75 Å². The van der Waals surface area contributed by atoms with Crippen LogP contribution in [0.1, 0.15) is 6.42 Å². The Morgan fingerprint density at radius 1 is 1.27 bits per heavy atom. The fourth-order valence-corrected chi connectivity index (χ4v) is 3.27. The molecule has 3 rings (SSSR count). The molecule has 0 atom stereocenters. The Hall–Kier alpha value is -2.39. The van der Waals surface area contributed by atoms with E-state index in [4.69, 9.17) is 4.74 Å². The largest absolute Gasteiger partial charge is 0.497 e. The van der Waals surface area contributed by atoms with E-state index in [0.717, 1.165) is 10.2 Å². The smallest absolute Gasteiger partial charge is 0.225 e. The van der Waals surface area contributed by atoms with E-state index in [1.54, 1.807) is 17.9 Å². The Balaban J connectivity index is 1.54. The number of nitrogens with zero attached hydrogens (tertiary/aromatic N) is 4. The van der Waals surface area contributed by atoms with Crippen molar-refractivity contribution in [1.82, 2.24) is 20.2 Å². The Kier molecular flexibility index (Phi) is 6.24. The van der Waals surface area contributed by atoms with Crippen molar-refractivity contribution in [2.24, 2.45) is 0 Å². The molecule has 0 aliphatic rings. The minimum atomic E-state index is -0.0755. The SMILES string of the molecule is COc1cccc(NC(=O)CCSc2nnnn2-c2ccc(Br)cc2)c1. The summed E-state index contributed by atoms with van der Waals surface area (Å²) in [7, 11) is 1.59. The quantitative estimate of drug-likeness (QED) is 0.573. The third-order valence-electron chi connectivity index (χ3n) is 3.43. The first-order valence-corrected chi connectivity index (χ1v) is 9.54. The molecule has 9 heteroatoms. The van der Waals surface area contributed by atoms with Crippen LogP contribution < -0.4 is 10.1 Å². The number of rotatable bonds is 7. The molecule has 2 aromatic carbocycles. The van der Waals surface area contributed by atoms with Crippen LogP contribution >= 0.6 is 27.7 Å². The van der Waals surface area contributed by atoms with Crippen LogP contribution in [0, 0.1) is 0 Å². The van der Waals surface area contributed by atoms with Crippen LogP contribution in [0.25, 0.3) is 5.69 Å². The maximum absolute atomic E-state index is 12.1. The number of methoxy groups -OCH3 is 1. The number of carbonyl (C=O) groups excluding carboxylic acids is 1. The van der Waals surface area contributed by atoms with Gasteiger partial charge in [0, 0.05) is 28.4 Å². The molecule has 26 heavy (non-hydrogen) atoms. The highest BCUT2D eigenvalue weighted by Crippen LogP contribution is 2.21. The highest BCUT2D eigenvalue weighted by Gasteiger charge is 2.10. The van der Waals surface area contributed by atoms with Crippen LogP contribution in [0.15, 0.2) is 58.2 Å². The van der Waals surface area contributed by atoms with Gasteiger partial charge in [-0.25, -0.2) is 0 Å². The number of tetrazole rings is 1. The zero-order valence-electron chi connectivity index (χ0n) is 13.9. The van der Waals surface area contributed by atoms with E-state index in [9.17, 15) is 4.79 Å². The molecule has 134 valence electrons. The van der Waals surface area contributed by atoms with Crippen molar-refractivity contribution < 1.29 is 9.53 Å². The zero-order chi connectivity index (χ0) is 18.4. The van der Waals surface area contributed by atoms with Gasteiger partial charge in [-0.15, -0.1) is 5.10 Å². The van der Waals surface area contributed by atoms with Gasteiger partial charge in [-0.2, -0.15) is 4.68 Å². The fraction of sp³-hybridized carbons (Fsp3) is 0.176. The van der Waals surface area contributed by atoms with Gasteiger partial charge in [0.2, 0.25) is 11.1 Å². The van der Waals surface area contributed by atoms with Crippen molar-refractivity contribution in [3.8, 4) is 11.4 Å². The number of anilines is 1. The molecule has 0 fully saturated rings. The third-order valence-corrected chi connectivity index (χ3v) is 4.88. The lowest BCUT2D eigenvalue weighted by Gasteiger charge is -2.07. The van der Waals surface area contributed by atoms with Crippen molar-refractivity contribution >= 4 is 39.3 Å². The maximum atomic E-state index is 12.1. The fourth-order valence-electron chi connectivity index (χ4n) is 2.17. The van der Waals surface area contributed by atoms with E-state index in [0.29, 0.717) is 28.8 Å². The molecule has 0 saturated carbocycles. The van der Waals surface area contributed by atoms with E-state index >= 15 is 0 Å². The van der Waals surface area contributed by atoms with Crippen molar-refractivity contribution in [3.05, 3.63) is 53.0 Å². The molecule has 0 spiro atoms. The normalized spacial score (nSPS) is 10.5. The van der Waals surface area contributed by atoms with Crippen LogP contribution in [-0.2, 0) is 4.79 Å². The Morgan fingerprint density at radius 2 is 2.08 bits per heavy atom. The number of hydrogen-bond acceptors (Lipinski definition) is 6. The topological polar surface area (TPSA) is 81.9 Å². The molecule has 1 aromatic heterocycles. The number of halogens is 1. The molecular weight excluding hydrogens is 418 g/mol. The number of thioether (sulfide) groups is 1. The summed E-state index contributed by atoms with van der Waals surface area (Å²) in [4.78, 5) is 12.1. The van der Waals surface area contributed by atoms with Gasteiger partial charge in [0.15, 0.2) is 0 Å². The Labute approximate surface area is 163 Å². The molecule has 7 nitrogen and oxygen atoms in total. The minimum absolute atomic E-state index is 0.0755. The van der Waals surface area contributed by atoms with Crippen LogP contribution in [0.4, 0.5) is 5.69 Å². The molecule has 0 bridgehead atoms. The molecule has 0 saturated heterocycles. The molecule has 0 unspecified atom stereocenters. The molecule has 0 radical (unpaired) electrons. The number of benzene rings is 2. The summed E-state index contributed by atoms with van der Waals surface area (Å²) in [6, 6.07) is 14.9. The number of hydrogen-bond donors (Lipinski definition) is 1. The lowest BCUT2D eigenvalue weighted by Crippen LogP contribution is -2.12. The van der Waals surface area contributed by atoms with Crippen molar-refractivity contribution in [3.63, 3.8) is 0 Å². The maximum Gasteiger partial charge on any atom is 0.225 e. The minimum Gasteiger partial charge on any atom is -0.497 e. The summed E-state index contributed by atoms with van der Waals surface area (Å²) < 4.78 is 7.78. The van der Waals surface area contributed by atoms with Gasteiger partial charge in [-0.05, 0) is 46.8 Å².